The Bertz CT molecular complexity index is 1430. The Labute approximate surface area is 207 Å². The highest BCUT2D eigenvalue weighted by molar-refractivity contribution is 6.19. The van der Waals surface area contributed by atoms with E-state index in [4.69, 9.17) is 13.9 Å². The van der Waals surface area contributed by atoms with Gasteiger partial charge in [0.05, 0.1) is 14.2 Å². The third kappa shape index (κ3) is 4.77. The monoisotopic (exact) mass is 486 g/mol. The molecule has 2 amide bonds. The first-order chi connectivity index (χ1) is 17.4. The molecule has 0 bridgehead atoms. The Morgan fingerprint density at radius 1 is 1.00 bits per heavy atom. The molecule has 1 aliphatic rings. The second kappa shape index (κ2) is 10.3. The molecule has 0 unspecified atom stereocenters. The second-order valence-electron chi connectivity index (χ2n) is 8.08. The van der Waals surface area contributed by atoms with E-state index in [1.165, 1.54) is 32.4 Å². The summed E-state index contributed by atoms with van der Waals surface area (Å²) in [6.07, 6.45) is 1.87. The van der Waals surface area contributed by atoms with Crippen molar-refractivity contribution >= 4 is 17.9 Å². The molecular formula is C28H23FN2O5. The molecule has 3 aromatic rings. The molecule has 0 saturated heterocycles. The fourth-order valence-corrected chi connectivity index (χ4v) is 3.95. The van der Waals surface area contributed by atoms with Crippen molar-refractivity contribution in [1.82, 2.24) is 4.90 Å². The molecule has 0 atom stereocenters. The summed E-state index contributed by atoms with van der Waals surface area (Å²) < 4.78 is 29.6. The van der Waals surface area contributed by atoms with Crippen LogP contribution < -0.4 is 9.47 Å². The minimum absolute atomic E-state index is 0.0714. The van der Waals surface area contributed by atoms with Gasteiger partial charge >= 0.3 is 0 Å². The average Bonchev–Trinajstić information content (AvgIpc) is 3.35. The fourth-order valence-electron chi connectivity index (χ4n) is 3.95. The van der Waals surface area contributed by atoms with Gasteiger partial charge in [-0.05, 0) is 79.1 Å². The van der Waals surface area contributed by atoms with E-state index in [1.54, 1.807) is 43.3 Å². The lowest BCUT2D eigenvalue weighted by atomic mass is 9.94. The Kier molecular flexibility index (Phi) is 7.02. The van der Waals surface area contributed by atoms with Crippen molar-refractivity contribution in [1.29, 1.82) is 5.26 Å². The van der Waals surface area contributed by atoms with Gasteiger partial charge in [0.25, 0.3) is 11.8 Å². The van der Waals surface area contributed by atoms with Crippen LogP contribution in [-0.4, -0.2) is 37.5 Å². The van der Waals surface area contributed by atoms with E-state index in [-0.39, 0.29) is 29.1 Å². The van der Waals surface area contributed by atoms with Crippen LogP contribution in [0.15, 0.2) is 75.7 Å². The van der Waals surface area contributed by atoms with Gasteiger partial charge in [0, 0.05) is 17.7 Å². The zero-order valence-corrected chi connectivity index (χ0v) is 20.0. The summed E-state index contributed by atoms with van der Waals surface area (Å²) in [6, 6.07) is 16.5. The van der Waals surface area contributed by atoms with Crippen molar-refractivity contribution in [2.75, 3.05) is 20.8 Å². The van der Waals surface area contributed by atoms with Crippen LogP contribution in [0.4, 0.5) is 4.39 Å². The maximum atomic E-state index is 13.3. The van der Waals surface area contributed by atoms with Gasteiger partial charge in [-0.25, -0.2) is 4.39 Å². The molecule has 1 aromatic heterocycles. The molecule has 182 valence electrons. The minimum atomic E-state index is -0.635. The lowest BCUT2D eigenvalue weighted by molar-refractivity contribution is -0.140. The number of nitrogens with zero attached hydrogens (tertiary/aromatic N) is 2. The SMILES string of the molecule is COc1ccc(CCN2C(=O)C(C#N)=C(C)/C(=C\c3ccc(-c4ccc(F)cc4)o3)C2=O)cc1OC. The number of furan rings is 1. The number of halogens is 1. The third-order valence-corrected chi connectivity index (χ3v) is 5.94. The van der Waals surface area contributed by atoms with E-state index in [0.717, 1.165) is 10.5 Å². The summed E-state index contributed by atoms with van der Waals surface area (Å²) >= 11 is 0. The maximum Gasteiger partial charge on any atom is 0.271 e. The van der Waals surface area contributed by atoms with Gasteiger partial charge in [-0.2, -0.15) is 5.26 Å². The largest absolute Gasteiger partial charge is 0.493 e. The van der Waals surface area contributed by atoms with E-state index < -0.39 is 11.8 Å². The van der Waals surface area contributed by atoms with Gasteiger partial charge < -0.3 is 13.9 Å². The zero-order chi connectivity index (χ0) is 25.8. The number of rotatable bonds is 7. The van der Waals surface area contributed by atoms with E-state index in [9.17, 15) is 19.2 Å². The standard InChI is InChI=1S/C28H23FN2O5/c1-17-22(15-21-9-11-24(36-21)19-5-7-20(29)8-6-19)27(32)31(28(33)23(17)16-30)13-12-18-4-10-25(34-2)26(14-18)35-3/h4-11,14-15H,12-13H2,1-3H3/b22-15+. The van der Waals surface area contributed by atoms with Crippen LogP contribution in [0.1, 0.15) is 18.2 Å². The number of carbonyl (C=O) groups excluding carboxylic acids is 2. The number of nitriles is 1. The number of hydrogen-bond donors (Lipinski definition) is 0. The minimum Gasteiger partial charge on any atom is -0.493 e. The summed E-state index contributed by atoms with van der Waals surface area (Å²) in [4.78, 5) is 27.3. The van der Waals surface area contributed by atoms with Gasteiger partial charge in [-0.1, -0.05) is 6.07 Å². The second-order valence-corrected chi connectivity index (χ2v) is 8.08. The fraction of sp³-hybridized carbons (Fsp3) is 0.179. The Morgan fingerprint density at radius 3 is 2.39 bits per heavy atom. The van der Waals surface area contributed by atoms with Crippen molar-refractivity contribution < 1.29 is 27.9 Å². The van der Waals surface area contributed by atoms with Crippen molar-refractivity contribution in [3.05, 3.63) is 88.5 Å². The molecule has 8 heteroatoms. The van der Waals surface area contributed by atoms with Gasteiger partial charge in [0.15, 0.2) is 11.5 Å². The highest BCUT2D eigenvalue weighted by Gasteiger charge is 2.35. The van der Waals surface area contributed by atoms with Crippen molar-refractivity contribution in [2.24, 2.45) is 0 Å². The Morgan fingerprint density at radius 2 is 1.72 bits per heavy atom. The smallest absolute Gasteiger partial charge is 0.271 e. The summed E-state index contributed by atoms with van der Waals surface area (Å²) in [5.41, 5.74) is 1.89. The summed E-state index contributed by atoms with van der Waals surface area (Å²) in [5, 5.41) is 9.63. The van der Waals surface area contributed by atoms with Crippen LogP contribution in [0.5, 0.6) is 11.5 Å². The summed E-state index contributed by atoms with van der Waals surface area (Å²) in [5.74, 6) is 0.455. The number of benzene rings is 2. The Balaban J connectivity index is 1.61. The van der Waals surface area contributed by atoms with Crippen LogP contribution in [0.3, 0.4) is 0 Å². The predicted octanol–water partition coefficient (Wildman–Crippen LogP) is 4.94. The first kappa shape index (κ1) is 24.5. The van der Waals surface area contributed by atoms with Crippen molar-refractivity contribution in [3.63, 3.8) is 0 Å². The van der Waals surface area contributed by atoms with Crippen LogP contribution >= 0.6 is 0 Å². The number of imide groups is 1. The van der Waals surface area contributed by atoms with Crippen LogP contribution in [-0.2, 0) is 16.0 Å². The topological polar surface area (TPSA) is 92.8 Å². The maximum absolute atomic E-state index is 13.3. The number of carbonyl (C=O) groups is 2. The van der Waals surface area contributed by atoms with Gasteiger partial charge in [0.1, 0.15) is 29.0 Å². The molecule has 0 saturated carbocycles. The molecule has 4 rings (SSSR count). The molecule has 0 N–H and O–H groups in total. The lowest BCUT2D eigenvalue weighted by Gasteiger charge is -2.27. The number of ether oxygens (including phenoxy) is 2. The lowest BCUT2D eigenvalue weighted by Crippen LogP contribution is -2.43. The number of hydrogen-bond acceptors (Lipinski definition) is 6. The average molecular weight is 486 g/mol. The normalized spacial score (nSPS) is 14.9. The van der Waals surface area contributed by atoms with Crippen molar-refractivity contribution in [2.45, 2.75) is 13.3 Å². The molecule has 0 radical (unpaired) electrons. The van der Waals surface area contributed by atoms with Crippen LogP contribution in [0.25, 0.3) is 17.4 Å². The summed E-state index contributed by atoms with van der Waals surface area (Å²) in [7, 11) is 3.06. The van der Waals surface area contributed by atoms with E-state index in [1.807, 2.05) is 12.1 Å². The predicted molar refractivity (Wildman–Crippen MR) is 130 cm³/mol. The third-order valence-electron chi connectivity index (χ3n) is 5.94. The molecule has 36 heavy (non-hydrogen) atoms. The molecule has 0 fully saturated rings. The first-order valence-electron chi connectivity index (χ1n) is 11.1. The highest BCUT2D eigenvalue weighted by atomic mass is 19.1. The molecule has 2 aromatic carbocycles. The molecular weight excluding hydrogens is 463 g/mol. The highest BCUT2D eigenvalue weighted by Crippen LogP contribution is 2.31. The Hall–Kier alpha value is -4.64. The molecule has 7 nitrogen and oxygen atoms in total. The first-order valence-corrected chi connectivity index (χ1v) is 11.1. The van der Waals surface area contributed by atoms with E-state index in [2.05, 4.69) is 0 Å². The van der Waals surface area contributed by atoms with Crippen LogP contribution in [0, 0.1) is 17.1 Å². The van der Waals surface area contributed by atoms with Crippen LogP contribution in [0.2, 0.25) is 0 Å². The molecule has 0 spiro atoms. The zero-order valence-electron chi connectivity index (χ0n) is 20.0. The molecule has 1 aliphatic heterocycles. The number of methoxy groups -OCH3 is 2. The summed E-state index contributed by atoms with van der Waals surface area (Å²) in [6.45, 7) is 1.64. The quantitative estimate of drug-likeness (QED) is 0.347. The van der Waals surface area contributed by atoms with E-state index in [0.29, 0.717) is 35.0 Å². The molecule has 2 heterocycles. The molecule has 0 aliphatic carbocycles. The van der Waals surface area contributed by atoms with Crippen molar-refractivity contribution in [3.8, 4) is 28.9 Å². The van der Waals surface area contributed by atoms with Gasteiger partial charge in [-0.15, -0.1) is 0 Å². The van der Waals surface area contributed by atoms with Gasteiger partial charge in [-0.3, -0.25) is 14.5 Å². The van der Waals surface area contributed by atoms with E-state index >= 15 is 0 Å². The van der Waals surface area contributed by atoms with Gasteiger partial charge in [0.2, 0.25) is 0 Å². The number of amides is 2.